The maximum Gasteiger partial charge on any atom is 0.389 e. The Labute approximate surface area is 238 Å². The van der Waals surface area contributed by atoms with Gasteiger partial charge in [0.15, 0.2) is 5.65 Å². The number of nitrogens with two attached hydrogens (primary N) is 1. The van der Waals surface area contributed by atoms with Gasteiger partial charge in [-0.2, -0.15) is 18.3 Å². The summed E-state index contributed by atoms with van der Waals surface area (Å²) in [6, 6.07) is 4.40. The lowest BCUT2D eigenvalue weighted by Crippen LogP contribution is -2.30. The van der Waals surface area contributed by atoms with E-state index < -0.39 is 48.7 Å². The number of carbonyl (C=O) groups excluding carboxylic acids is 2. The summed E-state index contributed by atoms with van der Waals surface area (Å²) in [7, 11) is 1.40. The SMILES string of the molecule is COc1ccc([C@@H](c2cn3ncc([C@H](NC(=O)CCC(F)(F)F)C4CC4)cc3n2)C2CCC(F)(F)CC2)c(C(N)=O)n1. The Morgan fingerprint density at radius 2 is 1.86 bits per heavy atom. The third-order valence-corrected chi connectivity index (χ3v) is 7.99. The predicted molar refractivity (Wildman–Crippen MR) is 140 cm³/mol. The largest absolute Gasteiger partial charge is 0.481 e. The van der Waals surface area contributed by atoms with Crippen molar-refractivity contribution in [1.29, 1.82) is 0 Å². The Balaban J connectivity index is 1.49. The molecule has 0 unspecified atom stereocenters. The van der Waals surface area contributed by atoms with Crippen LogP contribution in [0.3, 0.4) is 0 Å². The lowest BCUT2D eigenvalue weighted by Gasteiger charge is -2.33. The fourth-order valence-corrected chi connectivity index (χ4v) is 5.70. The molecule has 0 aliphatic heterocycles. The van der Waals surface area contributed by atoms with Gasteiger partial charge >= 0.3 is 6.18 Å². The number of hydrogen-bond acceptors (Lipinski definition) is 6. The maximum atomic E-state index is 14.1. The van der Waals surface area contributed by atoms with Gasteiger partial charge in [0.2, 0.25) is 17.7 Å². The number of carbonyl (C=O) groups is 2. The summed E-state index contributed by atoms with van der Waals surface area (Å²) in [5.74, 6) is -4.93. The third kappa shape index (κ3) is 6.79. The zero-order chi connectivity index (χ0) is 30.2. The number of hydrogen-bond donors (Lipinski definition) is 2. The van der Waals surface area contributed by atoms with Gasteiger partial charge in [0, 0.05) is 31.2 Å². The molecule has 42 heavy (non-hydrogen) atoms. The van der Waals surface area contributed by atoms with Crippen LogP contribution in [0, 0.1) is 11.8 Å². The van der Waals surface area contributed by atoms with E-state index in [1.54, 1.807) is 24.4 Å². The monoisotopic (exact) mass is 594 g/mol. The molecule has 2 saturated carbocycles. The van der Waals surface area contributed by atoms with Gasteiger partial charge in [0.25, 0.3) is 5.91 Å². The first-order valence-corrected chi connectivity index (χ1v) is 13.8. The van der Waals surface area contributed by atoms with Gasteiger partial charge in [0.05, 0.1) is 37.7 Å². The number of pyridine rings is 1. The Morgan fingerprint density at radius 3 is 2.48 bits per heavy atom. The summed E-state index contributed by atoms with van der Waals surface area (Å²) < 4.78 is 72.7. The van der Waals surface area contributed by atoms with E-state index >= 15 is 0 Å². The number of ether oxygens (including phenoxy) is 1. The Bertz CT molecular complexity index is 1460. The molecule has 2 aliphatic carbocycles. The minimum Gasteiger partial charge on any atom is -0.481 e. The number of primary amides is 1. The van der Waals surface area contributed by atoms with Crippen molar-refractivity contribution in [3.63, 3.8) is 0 Å². The van der Waals surface area contributed by atoms with Crippen LogP contribution < -0.4 is 15.8 Å². The molecule has 226 valence electrons. The topological polar surface area (TPSA) is 125 Å². The number of nitrogens with zero attached hydrogens (tertiary/aromatic N) is 4. The Hall–Kier alpha value is -3.84. The second kappa shape index (κ2) is 11.4. The van der Waals surface area contributed by atoms with Crippen LogP contribution in [0.25, 0.3) is 5.65 Å². The molecule has 2 aliphatic rings. The summed E-state index contributed by atoms with van der Waals surface area (Å²) in [5.41, 5.74) is 7.52. The van der Waals surface area contributed by atoms with Crippen molar-refractivity contribution in [3.05, 3.63) is 53.1 Å². The highest BCUT2D eigenvalue weighted by atomic mass is 19.4. The molecule has 9 nitrogen and oxygen atoms in total. The number of methoxy groups -OCH3 is 1. The first-order valence-electron chi connectivity index (χ1n) is 13.8. The van der Waals surface area contributed by atoms with Gasteiger partial charge in [-0.1, -0.05) is 6.07 Å². The van der Waals surface area contributed by atoms with Crippen LogP contribution in [0.15, 0.2) is 30.6 Å². The van der Waals surface area contributed by atoms with Gasteiger partial charge in [-0.3, -0.25) is 9.59 Å². The van der Waals surface area contributed by atoms with Crippen LogP contribution in [-0.2, 0) is 4.79 Å². The highest BCUT2D eigenvalue weighted by molar-refractivity contribution is 5.92. The van der Waals surface area contributed by atoms with Crippen LogP contribution in [0.4, 0.5) is 22.0 Å². The van der Waals surface area contributed by atoms with E-state index in [1.807, 2.05) is 0 Å². The van der Waals surface area contributed by atoms with Crippen molar-refractivity contribution >= 4 is 17.5 Å². The first kappa shape index (κ1) is 29.6. The van der Waals surface area contributed by atoms with E-state index in [4.69, 9.17) is 15.5 Å². The second-order valence-electron chi connectivity index (χ2n) is 11.1. The number of halogens is 5. The standard InChI is InChI=1S/C28H31F5N6O3/c1-42-22-5-4-18(25(38-22)26(34)41)23(15-6-9-27(29,30)10-7-15)19-14-39-20(36-19)12-17(13-35-39)24(16-2-3-16)37-21(40)8-11-28(31,32)33/h4-5,12-16,23-24H,2-3,6-11H2,1H3,(H2,34,41)(H,37,40)/t23-,24+/m0/s1. The fraction of sp³-hybridized carbons (Fsp3) is 0.536. The predicted octanol–water partition coefficient (Wildman–Crippen LogP) is 5.10. The number of nitrogens with one attached hydrogen (secondary N) is 1. The van der Waals surface area contributed by atoms with E-state index in [-0.39, 0.29) is 49.1 Å². The van der Waals surface area contributed by atoms with Gasteiger partial charge in [0.1, 0.15) is 5.69 Å². The molecular formula is C28H31F5N6O3. The third-order valence-electron chi connectivity index (χ3n) is 7.99. The zero-order valence-electron chi connectivity index (χ0n) is 22.8. The number of fused-ring (bicyclic) bond motifs is 1. The van der Waals surface area contributed by atoms with Crippen molar-refractivity contribution < 1.29 is 36.3 Å². The van der Waals surface area contributed by atoms with Crippen molar-refractivity contribution in [2.45, 2.75) is 75.4 Å². The number of imidazole rings is 1. The Kier molecular flexibility index (Phi) is 8.08. The zero-order valence-corrected chi connectivity index (χ0v) is 22.8. The summed E-state index contributed by atoms with van der Waals surface area (Å²) in [6.07, 6.45) is -1.76. The molecule has 3 N–H and O–H groups in total. The highest BCUT2D eigenvalue weighted by Crippen LogP contribution is 2.46. The first-order chi connectivity index (χ1) is 19.8. The summed E-state index contributed by atoms with van der Waals surface area (Å²) in [4.78, 5) is 33.7. The molecule has 0 saturated heterocycles. The lowest BCUT2D eigenvalue weighted by atomic mass is 9.74. The van der Waals surface area contributed by atoms with Gasteiger partial charge < -0.3 is 15.8 Å². The number of amides is 2. The second-order valence-corrected chi connectivity index (χ2v) is 11.1. The molecule has 2 atom stereocenters. The van der Waals surface area contributed by atoms with Crippen molar-refractivity contribution in [2.75, 3.05) is 7.11 Å². The number of aromatic nitrogens is 4. The molecule has 2 amide bonds. The molecule has 0 spiro atoms. The minimum atomic E-state index is -4.43. The molecule has 5 rings (SSSR count). The van der Waals surface area contributed by atoms with Crippen molar-refractivity contribution in [3.8, 4) is 5.88 Å². The summed E-state index contributed by atoms with van der Waals surface area (Å²) >= 11 is 0. The molecule has 0 radical (unpaired) electrons. The van der Waals surface area contributed by atoms with Gasteiger partial charge in [-0.25, -0.2) is 23.3 Å². The molecule has 3 heterocycles. The van der Waals surface area contributed by atoms with Gasteiger partial charge in [-0.05, 0) is 54.7 Å². The quantitative estimate of drug-likeness (QED) is 0.315. The van der Waals surface area contributed by atoms with Crippen LogP contribution in [0.5, 0.6) is 5.88 Å². The van der Waals surface area contributed by atoms with E-state index in [2.05, 4.69) is 15.4 Å². The minimum absolute atomic E-state index is 0.0437. The lowest BCUT2D eigenvalue weighted by molar-refractivity contribution is -0.144. The Morgan fingerprint density at radius 1 is 1.14 bits per heavy atom. The van der Waals surface area contributed by atoms with Crippen molar-refractivity contribution in [1.82, 2.24) is 24.9 Å². The fourth-order valence-electron chi connectivity index (χ4n) is 5.70. The van der Waals surface area contributed by atoms with E-state index in [1.165, 1.54) is 17.8 Å². The summed E-state index contributed by atoms with van der Waals surface area (Å²) in [5, 5.41) is 7.15. The number of rotatable bonds is 10. The average molecular weight is 595 g/mol. The molecule has 14 heteroatoms. The van der Waals surface area contributed by atoms with Crippen molar-refractivity contribution in [2.24, 2.45) is 17.6 Å². The highest BCUT2D eigenvalue weighted by Gasteiger charge is 2.41. The molecule has 0 bridgehead atoms. The maximum absolute atomic E-state index is 14.1. The normalized spacial score (nSPS) is 18.9. The van der Waals surface area contributed by atoms with E-state index in [0.717, 1.165) is 12.8 Å². The van der Waals surface area contributed by atoms with Crippen LogP contribution in [-0.4, -0.2) is 50.6 Å². The molecule has 0 aromatic carbocycles. The van der Waals surface area contributed by atoms with Gasteiger partial charge in [-0.15, -0.1) is 0 Å². The van der Waals surface area contributed by atoms with Crippen LogP contribution in [0.2, 0.25) is 0 Å². The van der Waals surface area contributed by atoms with E-state index in [9.17, 15) is 31.5 Å². The molecule has 3 aromatic heterocycles. The molecule has 2 fully saturated rings. The van der Waals surface area contributed by atoms with Crippen LogP contribution in [0.1, 0.15) is 90.6 Å². The summed E-state index contributed by atoms with van der Waals surface area (Å²) in [6.45, 7) is 0. The number of alkyl halides is 5. The molecule has 3 aromatic rings. The van der Waals surface area contributed by atoms with Crippen LogP contribution >= 0.6 is 0 Å². The average Bonchev–Trinajstić information content (AvgIpc) is 3.69. The molecular weight excluding hydrogens is 563 g/mol. The smallest absolute Gasteiger partial charge is 0.389 e. The van der Waals surface area contributed by atoms with E-state index in [0.29, 0.717) is 22.5 Å².